The van der Waals surface area contributed by atoms with Gasteiger partial charge in [0, 0.05) is 17.8 Å². The predicted octanol–water partition coefficient (Wildman–Crippen LogP) is 3.69. The van der Waals surface area contributed by atoms with Gasteiger partial charge in [0.15, 0.2) is 5.65 Å². The van der Waals surface area contributed by atoms with Crippen molar-refractivity contribution >= 4 is 48.6 Å². The van der Waals surface area contributed by atoms with Crippen LogP contribution in [-0.4, -0.2) is 17.4 Å². The molecule has 0 radical (unpaired) electrons. The second kappa shape index (κ2) is 4.87. The summed E-state index contributed by atoms with van der Waals surface area (Å²) in [7, 11) is -3.67. The summed E-state index contributed by atoms with van der Waals surface area (Å²) in [6, 6.07) is 9.84. The average molecular weight is 372 g/mol. The Morgan fingerprint density at radius 1 is 1.15 bits per heavy atom. The summed E-state index contributed by atoms with van der Waals surface area (Å²) in [6.45, 7) is 0. The number of aromatic nitrogens is 2. The molecule has 4 nitrogen and oxygen atoms in total. The quantitative estimate of drug-likeness (QED) is 0.690. The highest BCUT2D eigenvalue weighted by molar-refractivity contribution is 9.10. The van der Waals surface area contributed by atoms with Gasteiger partial charge in [0.2, 0.25) is 0 Å². The molecule has 2 aromatic heterocycles. The van der Waals surface area contributed by atoms with E-state index < -0.39 is 10.0 Å². The third kappa shape index (κ3) is 2.04. The van der Waals surface area contributed by atoms with Crippen molar-refractivity contribution in [3.63, 3.8) is 0 Å². The molecule has 0 aliphatic carbocycles. The fourth-order valence-electron chi connectivity index (χ4n) is 1.91. The number of rotatable bonds is 2. The van der Waals surface area contributed by atoms with Crippen LogP contribution in [0.1, 0.15) is 0 Å². The Balaban J connectivity index is 2.29. The van der Waals surface area contributed by atoms with E-state index in [1.807, 2.05) is 0 Å². The van der Waals surface area contributed by atoms with Gasteiger partial charge < -0.3 is 0 Å². The van der Waals surface area contributed by atoms with Gasteiger partial charge in [-0.3, -0.25) is 0 Å². The van der Waals surface area contributed by atoms with Crippen LogP contribution in [0.4, 0.5) is 0 Å². The summed E-state index contributed by atoms with van der Waals surface area (Å²) >= 11 is 9.41. The molecule has 0 unspecified atom stereocenters. The van der Waals surface area contributed by atoms with Crippen LogP contribution in [0.25, 0.3) is 11.0 Å². The Morgan fingerprint density at radius 3 is 2.55 bits per heavy atom. The standard InChI is InChI=1S/C13H8BrClN2O2S/c14-11-8-16-13-10(12(11)15)6-7-17(13)20(18,19)9-4-2-1-3-5-9/h1-8H. The summed E-state index contributed by atoms with van der Waals surface area (Å²) in [5.41, 5.74) is 0.307. The average Bonchev–Trinajstić information content (AvgIpc) is 2.89. The zero-order valence-electron chi connectivity index (χ0n) is 9.99. The van der Waals surface area contributed by atoms with Crippen LogP contribution in [0, 0.1) is 0 Å². The molecule has 0 N–H and O–H groups in total. The molecule has 102 valence electrons. The SMILES string of the molecule is O=S(=O)(c1ccccc1)n1ccc2c(Cl)c(Br)cnc21. The van der Waals surface area contributed by atoms with Gasteiger partial charge in [-0.2, -0.15) is 0 Å². The monoisotopic (exact) mass is 370 g/mol. The van der Waals surface area contributed by atoms with Crippen LogP contribution in [0.2, 0.25) is 5.02 Å². The van der Waals surface area contributed by atoms with E-state index >= 15 is 0 Å². The molecule has 2 heterocycles. The van der Waals surface area contributed by atoms with Crippen LogP contribution in [-0.2, 0) is 10.0 Å². The minimum Gasteiger partial charge on any atom is -0.236 e. The number of fused-ring (bicyclic) bond motifs is 1. The first-order chi connectivity index (χ1) is 9.51. The molecule has 0 bridgehead atoms. The molecule has 7 heteroatoms. The van der Waals surface area contributed by atoms with Crippen LogP contribution < -0.4 is 0 Å². The smallest absolute Gasteiger partial charge is 0.236 e. The van der Waals surface area contributed by atoms with E-state index in [4.69, 9.17) is 11.6 Å². The van der Waals surface area contributed by atoms with Crippen LogP contribution >= 0.6 is 27.5 Å². The number of halogens is 2. The van der Waals surface area contributed by atoms with E-state index in [1.54, 1.807) is 36.4 Å². The van der Waals surface area contributed by atoms with Crippen LogP contribution in [0.3, 0.4) is 0 Å². The highest BCUT2D eigenvalue weighted by atomic mass is 79.9. The molecule has 0 atom stereocenters. The van der Waals surface area contributed by atoms with Gasteiger partial charge in [-0.05, 0) is 34.1 Å². The van der Waals surface area contributed by atoms with Gasteiger partial charge in [-0.25, -0.2) is 17.4 Å². The number of nitrogens with zero attached hydrogens (tertiary/aromatic N) is 2. The van der Waals surface area contributed by atoms with Crippen molar-refractivity contribution in [3.05, 3.63) is 58.3 Å². The molecular formula is C13H8BrClN2O2S. The number of benzene rings is 1. The Hall–Kier alpha value is -1.37. The highest BCUT2D eigenvalue weighted by Gasteiger charge is 2.20. The molecule has 20 heavy (non-hydrogen) atoms. The maximum atomic E-state index is 12.6. The Kier molecular flexibility index (Phi) is 3.32. The largest absolute Gasteiger partial charge is 0.269 e. The van der Waals surface area contributed by atoms with Crippen molar-refractivity contribution in [3.8, 4) is 0 Å². The second-order valence-electron chi connectivity index (χ2n) is 4.09. The highest BCUT2D eigenvalue weighted by Crippen LogP contribution is 2.31. The molecule has 0 amide bonds. The molecule has 0 aliphatic rings. The molecule has 0 aliphatic heterocycles. The van der Waals surface area contributed by atoms with Crippen molar-refractivity contribution in [1.82, 2.24) is 8.96 Å². The van der Waals surface area contributed by atoms with Crippen LogP contribution in [0.15, 0.2) is 58.2 Å². The third-order valence-electron chi connectivity index (χ3n) is 2.87. The van der Waals surface area contributed by atoms with Crippen molar-refractivity contribution in [2.75, 3.05) is 0 Å². The van der Waals surface area contributed by atoms with E-state index in [1.165, 1.54) is 12.4 Å². The summed E-state index contributed by atoms with van der Waals surface area (Å²) in [4.78, 5) is 4.35. The Morgan fingerprint density at radius 2 is 1.85 bits per heavy atom. The molecular weight excluding hydrogens is 364 g/mol. The number of hydrogen-bond donors (Lipinski definition) is 0. The van der Waals surface area contributed by atoms with Gasteiger partial charge in [-0.15, -0.1) is 0 Å². The van der Waals surface area contributed by atoms with Gasteiger partial charge in [0.05, 0.1) is 14.4 Å². The number of pyridine rings is 1. The van der Waals surface area contributed by atoms with E-state index in [0.29, 0.717) is 20.5 Å². The first kappa shape index (κ1) is 13.6. The summed E-state index contributed by atoms with van der Waals surface area (Å²) in [5, 5.41) is 1.03. The molecule has 3 rings (SSSR count). The van der Waals surface area contributed by atoms with Crippen LogP contribution in [0.5, 0.6) is 0 Å². The van der Waals surface area contributed by atoms with Crippen molar-refractivity contribution < 1.29 is 8.42 Å². The normalized spacial score (nSPS) is 11.9. The zero-order chi connectivity index (χ0) is 14.3. The maximum Gasteiger partial charge on any atom is 0.269 e. The van der Waals surface area contributed by atoms with E-state index in [-0.39, 0.29) is 4.90 Å². The lowest BCUT2D eigenvalue weighted by molar-refractivity contribution is 0.589. The minimum atomic E-state index is -3.67. The maximum absolute atomic E-state index is 12.6. The molecule has 0 saturated carbocycles. The summed E-state index contributed by atoms with van der Waals surface area (Å²) in [5.74, 6) is 0. The third-order valence-corrected chi connectivity index (χ3v) is 5.79. The van der Waals surface area contributed by atoms with Crippen molar-refractivity contribution in [2.45, 2.75) is 4.90 Å². The summed E-state index contributed by atoms with van der Waals surface area (Å²) in [6.07, 6.45) is 2.94. The Bertz CT molecular complexity index is 891. The van der Waals surface area contributed by atoms with E-state index in [0.717, 1.165) is 3.97 Å². The summed E-state index contributed by atoms with van der Waals surface area (Å²) < 4.78 is 26.9. The lowest BCUT2D eigenvalue weighted by Gasteiger charge is -2.07. The number of hydrogen-bond acceptors (Lipinski definition) is 3. The predicted molar refractivity (Wildman–Crippen MR) is 81.5 cm³/mol. The molecule has 0 saturated heterocycles. The second-order valence-corrected chi connectivity index (χ2v) is 7.13. The molecule has 0 fully saturated rings. The first-order valence-corrected chi connectivity index (χ1v) is 8.24. The van der Waals surface area contributed by atoms with Gasteiger partial charge in [0.25, 0.3) is 10.0 Å². The minimum absolute atomic E-state index is 0.207. The van der Waals surface area contributed by atoms with Crippen molar-refractivity contribution in [2.24, 2.45) is 0 Å². The van der Waals surface area contributed by atoms with Gasteiger partial charge in [0.1, 0.15) is 0 Å². The van der Waals surface area contributed by atoms with E-state index in [9.17, 15) is 8.42 Å². The zero-order valence-corrected chi connectivity index (χ0v) is 13.2. The fourth-order valence-corrected chi connectivity index (χ4v) is 3.74. The molecule has 1 aromatic carbocycles. The lowest BCUT2D eigenvalue weighted by Crippen LogP contribution is -2.12. The van der Waals surface area contributed by atoms with Crippen molar-refractivity contribution in [1.29, 1.82) is 0 Å². The van der Waals surface area contributed by atoms with Gasteiger partial charge >= 0.3 is 0 Å². The lowest BCUT2D eigenvalue weighted by atomic mass is 10.3. The fraction of sp³-hybridized carbons (Fsp3) is 0. The Labute approximate surface area is 129 Å². The first-order valence-electron chi connectivity index (χ1n) is 5.63. The topological polar surface area (TPSA) is 52.0 Å². The van der Waals surface area contributed by atoms with E-state index in [2.05, 4.69) is 20.9 Å². The molecule has 3 aromatic rings. The molecule has 0 spiro atoms. The van der Waals surface area contributed by atoms with Gasteiger partial charge in [-0.1, -0.05) is 29.8 Å².